The summed E-state index contributed by atoms with van der Waals surface area (Å²) in [7, 11) is 0. The molecule has 1 aromatic rings. The van der Waals surface area contributed by atoms with E-state index in [9.17, 15) is 9.90 Å². The summed E-state index contributed by atoms with van der Waals surface area (Å²) in [4.78, 5) is 17.9. The standard InChI is InChI=1S/C12H16ClN3O2/c13-11-10(5-8(14)6-15-11)12(18)16-4-2-1-3-9(16)7-17/h5-6,9,17H,1-4,7,14H2. The van der Waals surface area contributed by atoms with Gasteiger partial charge in [0.2, 0.25) is 0 Å². The van der Waals surface area contributed by atoms with Crippen LogP contribution >= 0.6 is 11.6 Å². The Hall–Kier alpha value is -1.33. The molecule has 1 saturated heterocycles. The number of pyridine rings is 1. The molecule has 1 aliphatic rings. The molecule has 1 aliphatic heterocycles. The number of amides is 1. The third kappa shape index (κ3) is 2.57. The first kappa shape index (κ1) is 13.1. The van der Waals surface area contributed by atoms with Crippen LogP contribution in [0.25, 0.3) is 0 Å². The first-order valence-corrected chi connectivity index (χ1v) is 6.34. The quantitative estimate of drug-likeness (QED) is 0.794. The van der Waals surface area contributed by atoms with Gasteiger partial charge in [-0.2, -0.15) is 0 Å². The number of nitrogens with two attached hydrogens (primary N) is 1. The maximum atomic E-state index is 12.4. The SMILES string of the molecule is Nc1cnc(Cl)c(C(=O)N2CCCCC2CO)c1. The number of likely N-dealkylation sites (tertiary alicyclic amines) is 1. The normalized spacial score (nSPS) is 19.9. The van der Waals surface area contributed by atoms with Gasteiger partial charge in [0.25, 0.3) is 5.91 Å². The summed E-state index contributed by atoms with van der Waals surface area (Å²) in [5.74, 6) is -0.210. The Bertz CT molecular complexity index is 453. The van der Waals surface area contributed by atoms with Gasteiger partial charge in [0, 0.05) is 6.54 Å². The lowest BCUT2D eigenvalue weighted by Gasteiger charge is -2.34. The topological polar surface area (TPSA) is 79.5 Å². The number of rotatable bonds is 2. The number of carbonyl (C=O) groups excluding carboxylic acids is 1. The van der Waals surface area contributed by atoms with E-state index in [-0.39, 0.29) is 23.7 Å². The maximum absolute atomic E-state index is 12.4. The molecule has 6 heteroatoms. The number of hydrogen-bond acceptors (Lipinski definition) is 4. The van der Waals surface area contributed by atoms with Crippen molar-refractivity contribution in [2.45, 2.75) is 25.3 Å². The van der Waals surface area contributed by atoms with Gasteiger partial charge in [-0.05, 0) is 25.3 Å². The van der Waals surface area contributed by atoms with Crippen molar-refractivity contribution in [3.8, 4) is 0 Å². The second-order valence-corrected chi connectivity index (χ2v) is 4.80. The molecule has 1 fully saturated rings. The first-order chi connectivity index (χ1) is 8.63. The molecule has 0 aromatic carbocycles. The van der Waals surface area contributed by atoms with Crippen molar-refractivity contribution in [2.24, 2.45) is 0 Å². The molecule has 5 nitrogen and oxygen atoms in total. The Balaban J connectivity index is 2.26. The molecule has 0 aliphatic carbocycles. The lowest BCUT2D eigenvalue weighted by molar-refractivity contribution is 0.0503. The zero-order valence-electron chi connectivity index (χ0n) is 9.97. The molecule has 0 saturated carbocycles. The summed E-state index contributed by atoms with van der Waals surface area (Å²) in [6.07, 6.45) is 4.20. The van der Waals surface area contributed by atoms with E-state index in [0.29, 0.717) is 17.8 Å². The maximum Gasteiger partial charge on any atom is 0.257 e. The minimum Gasteiger partial charge on any atom is -0.397 e. The monoisotopic (exact) mass is 269 g/mol. The van der Waals surface area contributed by atoms with E-state index in [1.165, 1.54) is 12.3 Å². The van der Waals surface area contributed by atoms with Crippen LogP contribution in [0, 0.1) is 0 Å². The van der Waals surface area contributed by atoms with Crippen molar-refractivity contribution in [3.05, 3.63) is 23.0 Å². The van der Waals surface area contributed by atoms with Crippen LogP contribution in [0.3, 0.4) is 0 Å². The third-order valence-corrected chi connectivity index (χ3v) is 3.49. The van der Waals surface area contributed by atoms with E-state index >= 15 is 0 Å². The fourth-order valence-electron chi connectivity index (χ4n) is 2.23. The van der Waals surface area contributed by atoms with Crippen LogP contribution in [0.15, 0.2) is 12.3 Å². The predicted molar refractivity (Wildman–Crippen MR) is 69.4 cm³/mol. The van der Waals surface area contributed by atoms with Gasteiger partial charge in [0.05, 0.1) is 30.1 Å². The van der Waals surface area contributed by atoms with E-state index in [4.69, 9.17) is 17.3 Å². The molecule has 3 N–H and O–H groups in total. The average Bonchev–Trinajstić information content (AvgIpc) is 2.40. The Morgan fingerprint density at radius 3 is 3.11 bits per heavy atom. The molecule has 0 spiro atoms. The van der Waals surface area contributed by atoms with Gasteiger partial charge in [-0.3, -0.25) is 4.79 Å². The number of aliphatic hydroxyl groups is 1. The number of carbonyl (C=O) groups is 1. The molecule has 1 atom stereocenters. The van der Waals surface area contributed by atoms with E-state index in [2.05, 4.69) is 4.98 Å². The smallest absolute Gasteiger partial charge is 0.257 e. The minimum atomic E-state index is -0.210. The number of nitrogens with zero attached hydrogens (tertiary/aromatic N) is 2. The average molecular weight is 270 g/mol. The van der Waals surface area contributed by atoms with Crippen LogP contribution in [0.1, 0.15) is 29.6 Å². The van der Waals surface area contributed by atoms with Crippen LogP contribution in [0.2, 0.25) is 5.15 Å². The fraction of sp³-hybridized carbons (Fsp3) is 0.500. The van der Waals surface area contributed by atoms with Crippen LogP contribution in [0.5, 0.6) is 0 Å². The van der Waals surface area contributed by atoms with E-state index in [1.807, 2.05) is 0 Å². The summed E-state index contributed by atoms with van der Waals surface area (Å²) in [6, 6.07) is 1.39. The molecule has 2 rings (SSSR count). The van der Waals surface area contributed by atoms with Crippen molar-refractivity contribution >= 4 is 23.2 Å². The van der Waals surface area contributed by atoms with Crippen molar-refractivity contribution in [2.75, 3.05) is 18.9 Å². The number of halogens is 1. The van der Waals surface area contributed by atoms with E-state index in [1.54, 1.807) is 4.90 Å². The minimum absolute atomic E-state index is 0.0287. The molecular formula is C12H16ClN3O2. The van der Waals surface area contributed by atoms with E-state index in [0.717, 1.165) is 19.3 Å². The highest BCUT2D eigenvalue weighted by atomic mass is 35.5. The van der Waals surface area contributed by atoms with Gasteiger partial charge in [0.1, 0.15) is 5.15 Å². The number of aliphatic hydroxyl groups excluding tert-OH is 1. The van der Waals surface area contributed by atoms with Crippen LogP contribution in [-0.2, 0) is 0 Å². The number of aromatic nitrogens is 1. The summed E-state index contributed by atoms with van der Waals surface area (Å²) >= 11 is 5.92. The molecule has 1 unspecified atom stereocenters. The zero-order chi connectivity index (χ0) is 13.1. The highest BCUT2D eigenvalue weighted by Gasteiger charge is 2.28. The van der Waals surface area contributed by atoms with Crippen molar-refractivity contribution in [3.63, 3.8) is 0 Å². The predicted octanol–water partition coefficient (Wildman–Crippen LogP) is 1.30. The zero-order valence-corrected chi connectivity index (χ0v) is 10.7. The molecule has 1 amide bonds. The number of nitrogen functional groups attached to an aromatic ring is 1. The Morgan fingerprint density at radius 2 is 2.39 bits per heavy atom. The van der Waals surface area contributed by atoms with Crippen LogP contribution < -0.4 is 5.73 Å². The molecule has 0 bridgehead atoms. The molecule has 98 valence electrons. The molecule has 0 radical (unpaired) electrons. The molecule has 1 aromatic heterocycles. The highest BCUT2D eigenvalue weighted by Crippen LogP contribution is 2.23. The summed E-state index contributed by atoms with van der Waals surface area (Å²) in [6.45, 7) is 0.605. The summed E-state index contributed by atoms with van der Waals surface area (Å²) in [5, 5.41) is 9.46. The van der Waals surface area contributed by atoms with Crippen molar-refractivity contribution in [1.29, 1.82) is 0 Å². The van der Waals surface area contributed by atoms with Gasteiger partial charge < -0.3 is 15.7 Å². The second kappa shape index (κ2) is 5.54. The summed E-state index contributed by atoms with van der Waals surface area (Å²) < 4.78 is 0. The second-order valence-electron chi connectivity index (χ2n) is 4.44. The van der Waals surface area contributed by atoms with Crippen LogP contribution in [-0.4, -0.2) is 40.1 Å². The largest absolute Gasteiger partial charge is 0.397 e. The van der Waals surface area contributed by atoms with Gasteiger partial charge in [-0.15, -0.1) is 0 Å². The van der Waals surface area contributed by atoms with Gasteiger partial charge >= 0.3 is 0 Å². The van der Waals surface area contributed by atoms with Gasteiger partial charge in [0.15, 0.2) is 0 Å². The molecular weight excluding hydrogens is 254 g/mol. The van der Waals surface area contributed by atoms with Gasteiger partial charge in [-0.1, -0.05) is 11.6 Å². The third-order valence-electron chi connectivity index (χ3n) is 3.19. The molecule has 18 heavy (non-hydrogen) atoms. The number of anilines is 1. The summed E-state index contributed by atoms with van der Waals surface area (Å²) in [5.41, 5.74) is 6.33. The Labute approximate surface area is 111 Å². The Kier molecular flexibility index (Phi) is 4.04. The lowest BCUT2D eigenvalue weighted by atomic mass is 10.0. The highest BCUT2D eigenvalue weighted by molar-refractivity contribution is 6.32. The molecule has 2 heterocycles. The lowest BCUT2D eigenvalue weighted by Crippen LogP contribution is -2.45. The Morgan fingerprint density at radius 1 is 1.61 bits per heavy atom. The van der Waals surface area contributed by atoms with Gasteiger partial charge in [-0.25, -0.2) is 4.98 Å². The number of hydrogen-bond donors (Lipinski definition) is 2. The fourth-order valence-corrected chi connectivity index (χ4v) is 2.41. The van der Waals surface area contributed by atoms with Crippen LogP contribution in [0.4, 0.5) is 5.69 Å². The van der Waals surface area contributed by atoms with Crippen molar-refractivity contribution < 1.29 is 9.90 Å². The van der Waals surface area contributed by atoms with Crippen molar-refractivity contribution in [1.82, 2.24) is 9.88 Å². The first-order valence-electron chi connectivity index (χ1n) is 5.96. The van der Waals surface area contributed by atoms with E-state index < -0.39 is 0 Å². The number of piperidine rings is 1.